The van der Waals surface area contributed by atoms with Crippen molar-refractivity contribution in [3.8, 4) is 0 Å². The minimum Gasteiger partial charge on any atom is -0.362 e. The topological polar surface area (TPSA) is 91.9 Å². The lowest BCUT2D eigenvalue weighted by molar-refractivity contribution is -0.385. The van der Waals surface area contributed by atoms with E-state index in [9.17, 15) is 19.7 Å². The molecule has 1 aliphatic rings. The van der Waals surface area contributed by atoms with Gasteiger partial charge in [-0.1, -0.05) is 17.7 Å². The predicted molar refractivity (Wildman–Crippen MR) is 135 cm³/mol. The molecular formula is C23H26ClN5O4S. The second-order valence-corrected chi connectivity index (χ2v) is 9.87. The molecule has 180 valence electrons. The summed E-state index contributed by atoms with van der Waals surface area (Å²) >= 11 is 7.67. The van der Waals surface area contributed by atoms with E-state index in [1.54, 1.807) is 29.2 Å². The van der Waals surface area contributed by atoms with E-state index in [1.807, 2.05) is 35.3 Å². The van der Waals surface area contributed by atoms with Crippen LogP contribution in [0.4, 0.5) is 11.4 Å². The number of amides is 1. The summed E-state index contributed by atoms with van der Waals surface area (Å²) in [6, 6.07) is 8.75. The largest absolute Gasteiger partial charge is 0.362 e. The maximum absolute atomic E-state index is 13.4. The standard InChI is InChI=1S/C23H26ClN5O4S/c1-25(2)8-4-9-28-18-7-6-16(24)15-17(18)20(21(23(28)31)29(32)33)26-10-12-27(13-11-26)22(30)19-5-3-14-34-19/h3,5-7,14-15H,4,8-13H2,1-2H3. The Morgan fingerprint density at radius 3 is 2.56 bits per heavy atom. The fourth-order valence-electron chi connectivity index (χ4n) is 4.34. The Kier molecular flexibility index (Phi) is 7.20. The molecule has 0 saturated carbocycles. The molecule has 3 heterocycles. The van der Waals surface area contributed by atoms with Gasteiger partial charge in [-0.25, -0.2) is 0 Å². The number of fused-ring (bicyclic) bond motifs is 1. The van der Waals surface area contributed by atoms with Crippen LogP contribution in [0.5, 0.6) is 0 Å². The Labute approximate surface area is 205 Å². The van der Waals surface area contributed by atoms with Gasteiger partial charge >= 0.3 is 11.2 Å². The molecule has 1 fully saturated rings. The van der Waals surface area contributed by atoms with Crippen molar-refractivity contribution < 1.29 is 9.72 Å². The first-order valence-electron chi connectivity index (χ1n) is 11.0. The highest BCUT2D eigenvalue weighted by molar-refractivity contribution is 7.12. The van der Waals surface area contributed by atoms with Gasteiger partial charge in [-0.15, -0.1) is 11.3 Å². The Hall–Kier alpha value is -2.95. The van der Waals surface area contributed by atoms with Crippen LogP contribution in [0.15, 0.2) is 40.5 Å². The maximum Gasteiger partial charge on any atom is 0.357 e. The molecule has 1 aliphatic heterocycles. The lowest BCUT2D eigenvalue weighted by Gasteiger charge is -2.36. The summed E-state index contributed by atoms with van der Waals surface area (Å²) in [6.07, 6.45) is 0.671. The van der Waals surface area contributed by atoms with Crippen LogP contribution in [0.2, 0.25) is 5.02 Å². The second-order valence-electron chi connectivity index (χ2n) is 8.49. The van der Waals surface area contributed by atoms with Crippen LogP contribution in [0.25, 0.3) is 10.9 Å². The molecule has 0 spiro atoms. The molecule has 3 aromatic rings. The van der Waals surface area contributed by atoms with Crippen molar-refractivity contribution in [1.82, 2.24) is 14.4 Å². The summed E-state index contributed by atoms with van der Waals surface area (Å²) in [6.45, 7) is 2.67. The third-order valence-electron chi connectivity index (χ3n) is 5.96. The lowest BCUT2D eigenvalue weighted by atomic mass is 10.1. The fraction of sp³-hybridized carbons (Fsp3) is 0.391. The van der Waals surface area contributed by atoms with Gasteiger partial charge in [0.25, 0.3) is 5.91 Å². The number of piperazine rings is 1. The number of hydrogen-bond donors (Lipinski definition) is 0. The van der Waals surface area contributed by atoms with E-state index >= 15 is 0 Å². The summed E-state index contributed by atoms with van der Waals surface area (Å²) in [4.78, 5) is 43.9. The number of halogens is 1. The molecule has 0 bridgehead atoms. The van der Waals surface area contributed by atoms with Gasteiger partial charge in [0.05, 0.1) is 15.3 Å². The second kappa shape index (κ2) is 10.1. The van der Waals surface area contributed by atoms with Gasteiger partial charge in [0.2, 0.25) is 0 Å². The average molecular weight is 504 g/mol. The number of anilines is 1. The van der Waals surface area contributed by atoms with E-state index in [2.05, 4.69) is 0 Å². The van der Waals surface area contributed by atoms with Crippen LogP contribution < -0.4 is 10.5 Å². The van der Waals surface area contributed by atoms with Crippen molar-refractivity contribution in [3.63, 3.8) is 0 Å². The van der Waals surface area contributed by atoms with Crippen molar-refractivity contribution in [2.45, 2.75) is 13.0 Å². The first-order valence-corrected chi connectivity index (χ1v) is 12.3. The molecule has 11 heteroatoms. The van der Waals surface area contributed by atoms with Gasteiger partial charge < -0.3 is 19.3 Å². The molecule has 0 N–H and O–H groups in total. The molecule has 34 heavy (non-hydrogen) atoms. The number of aromatic nitrogens is 1. The number of carbonyl (C=O) groups is 1. The SMILES string of the molecule is CN(C)CCCn1c(=O)c([N+](=O)[O-])c(N2CCN(C(=O)c3cccs3)CC2)c2cc(Cl)ccc21. The summed E-state index contributed by atoms with van der Waals surface area (Å²) < 4.78 is 1.48. The minimum atomic E-state index is -0.620. The van der Waals surface area contributed by atoms with Crippen LogP contribution in [-0.2, 0) is 6.54 Å². The zero-order chi connectivity index (χ0) is 24.4. The van der Waals surface area contributed by atoms with E-state index in [-0.39, 0.29) is 11.6 Å². The number of nitro groups is 1. The summed E-state index contributed by atoms with van der Waals surface area (Å²) in [5.74, 6) is -0.0478. The molecule has 9 nitrogen and oxygen atoms in total. The highest BCUT2D eigenvalue weighted by Gasteiger charge is 2.32. The first kappa shape index (κ1) is 24.2. The average Bonchev–Trinajstić information content (AvgIpc) is 3.34. The molecule has 0 atom stereocenters. The molecule has 0 aliphatic carbocycles. The number of benzene rings is 1. The number of aryl methyl sites for hydroxylation is 1. The number of pyridine rings is 1. The Bertz CT molecular complexity index is 1270. The van der Waals surface area contributed by atoms with Gasteiger partial charge in [0.1, 0.15) is 5.69 Å². The highest BCUT2D eigenvalue weighted by Crippen LogP contribution is 2.36. The third kappa shape index (κ3) is 4.79. The van der Waals surface area contributed by atoms with E-state index < -0.39 is 16.2 Å². The van der Waals surface area contributed by atoms with Crippen LogP contribution in [0.1, 0.15) is 16.1 Å². The number of carbonyl (C=O) groups excluding carboxylic acids is 1. The highest BCUT2D eigenvalue weighted by atomic mass is 35.5. The lowest BCUT2D eigenvalue weighted by Crippen LogP contribution is -2.49. The minimum absolute atomic E-state index is 0.0478. The summed E-state index contributed by atoms with van der Waals surface area (Å²) in [7, 11) is 3.88. The van der Waals surface area contributed by atoms with Crippen molar-refractivity contribution >= 4 is 51.1 Å². The molecule has 0 unspecified atom stereocenters. The maximum atomic E-state index is 13.4. The molecule has 4 rings (SSSR count). The zero-order valence-corrected chi connectivity index (χ0v) is 20.6. The van der Waals surface area contributed by atoms with Gasteiger partial charge in [-0.3, -0.25) is 19.7 Å². The normalized spacial score (nSPS) is 14.2. The Balaban J connectivity index is 1.73. The van der Waals surface area contributed by atoms with Crippen molar-refractivity contribution in [1.29, 1.82) is 0 Å². The van der Waals surface area contributed by atoms with E-state index in [0.29, 0.717) is 59.9 Å². The number of hydrogen-bond acceptors (Lipinski definition) is 7. The number of nitrogens with zero attached hydrogens (tertiary/aromatic N) is 5. The monoisotopic (exact) mass is 503 g/mol. The Morgan fingerprint density at radius 2 is 1.94 bits per heavy atom. The van der Waals surface area contributed by atoms with Crippen molar-refractivity contribution in [2.24, 2.45) is 0 Å². The summed E-state index contributed by atoms with van der Waals surface area (Å²) in [5, 5.41) is 15.0. The zero-order valence-electron chi connectivity index (χ0n) is 19.1. The van der Waals surface area contributed by atoms with Gasteiger partial charge in [-0.2, -0.15) is 0 Å². The van der Waals surface area contributed by atoms with Gasteiger partial charge in [-0.05, 0) is 56.7 Å². The van der Waals surface area contributed by atoms with Crippen LogP contribution >= 0.6 is 22.9 Å². The van der Waals surface area contributed by atoms with Crippen LogP contribution in [0.3, 0.4) is 0 Å². The van der Waals surface area contributed by atoms with Crippen LogP contribution in [-0.4, -0.2) is 72.0 Å². The number of rotatable bonds is 7. The van der Waals surface area contributed by atoms with Gasteiger partial charge in [0, 0.05) is 43.1 Å². The smallest absolute Gasteiger partial charge is 0.357 e. The molecule has 0 radical (unpaired) electrons. The first-order chi connectivity index (χ1) is 16.3. The molecule has 1 saturated heterocycles. The Morgan fingerprint density at radius 1 is 1.21 bits per heavy atom. The van der Waals surface area contributed by atoms with Crippen molar-refractivity contribution in [3.05, 3.63) is 66.1 Å². The van der Waals surface area contributed by atoms with E-state index in [0.717, 1.165) is 6.54 Å². The fourth-order valence-corrected chi connectivity index (χ4v) is 5.20. The molecule has 2 aromatic heterocycles. The predicted octanol–water partition coefficient (Wildman–Crippen LogP) is 3.54. The van der Waals surface area contributed by atoms with E-state index in [1.165, 1.54) is 15.9 Å². The van der Waals surface area contributed by atoms with Crippen LogP contribution in [0, 0.1) is 10.1 Å². The van der Waals surface area contributed by atoms with Crippen molar-refractivity contribution in [2.75, 3.05) is 51.7 Å². The summed E-state index contributed by atoms with van der Waals surface area (Å²) in [5.41, 5.74) is -0.172. The molecule has 1 amide bonds. The van der Waals surface area contributed by atoms with E-state index in [4.69, 9.17) is 11.6 Å². The molecule has 1 aromatic carbocycles. The number of thiophene rings is 1. The quantitative estimate of drug-likeness (QED) is 0.362. The third-order valence-corrected chi connectivity index (χ3v) is 7.05. The van der Waals surface area contributed by atoms with Gasteiger partial charge in [0.15, 0.2) is 0 Å². The molecular weight excluding hydrogens is 478 g/mol.